The molecule has 0 amide bonds. The first-order chi connectivity index (χ1) is 34.9. The number of benzene rings is 4. The lowest BCUT2D eigenvalue weighted by molar-refractivity contribution is -0.748. The monoisotopic (exact) mass is 1090 g/mol. The largest absolute Gasteiger partial charge is 0.340 e. The number of hydrogen-bond acceptors (Lipinski definition) is 0. The van der Waals surface area contributed by atoms with Gasteiger partial charge in [-0.1, -0.05) is 105 Å². The van der Waals surface area contributed by atoms with Gasteiger partial charge in [-0.05, 0) is 51.4 Å². The molecule has 0 aromatic heterocycles. The van der Waals surface area contributed by atoms with E-state index in [-0.39, 0.29) is 0 Å². The number of halogens is 20. The maximum Gasteiger partial charge on any atom is 0.200 e. The highest BCUT2D eigenvalue weighted by Crippen LogP contribution is 2.47. The number of nitrogens with two attached hydrogens (primary N) is 1. The van der Waals surface area contributed by atoms with Crippen molar-refractivity contribution < 1.29 is 93.1 Å². The van der Waals surface area contributed by atoms with Crippen LogP contribution in [-0.4, -0.2) is 18.2 Å². The molecule has 4 aromatic carbocycles. The van der Waals surface area contributed by atoms with Gasteiger partial charge < -0.3 is 5.32 Å². The van der Waals surface area contributed by atoms with Crippen LogP contribution in [0.4, 0.5) is 87.8 Å². The van der Waals surface area contributed by atoms with Crippen molar-refractivity contribution in [3.8, 4) is 0 Å². The summed E-state index contributed by atoms with van der Waals surface area (Å²) in [6.45, 7) is 9.69. The smallest absolute Gasteiger partial charge is 0.200 e. The molecule has 0 aliphatic heterocycles. The third-order valence-corrected chi connectivity index (χ3v) is 15.7. The second kappa shape index (κ2) is 24.7. The minimum absolute atomic E-state index is 0.650. The quantitative estimate of drug-likeness (QED) is 0.0443. The zero-order valence-electron chi connectivity index (χ0n) is 41.0. The van der Waals surface area contributed by atoms with E-state index in [1.165, 1.54) is 128 Å². The number of unbranched alkanes of at least 4 members (excludes halogenated alkanes) is 2. The molecule has 4 aromatic rings. The Morgan fingerprint density at radius 1 is 0.311 bits per heavy atom. The standard InChI is InChI=1S/C28H55N.C24BF20/c1-5-9-19-27(21-13-11-14-22-27)25(17-7-3)29-26(18-8-4)28(20-10-6-2)23-15-12-16-24-28;26-5-1(6(27)14(35)21(42)13(5)34)25(2-7(28)15(36)22(43)16(37)8(2)29,3-9(30)17(38)23(44)18(39)10(3)31)4-11(32)19(40)24(45)20(41)12(4)33/h25-26,29H,5-24H2,1-4H3;/q;-1/p+1. The summed E-state index contributed by atoms with van der Waals surface area (Å²) in [5.41, 5.74) is -13.0. The minimum atomic E-state index is -7.22. The van der Waals surface area contributed by atoms with Crippen molar-refractivity contribution in [3.05, 3.63) is 116 Å². The SMILES string of the molecule is CCCCC1(C(CCC)[NH2+]C(CCC)C2(CCCC)CCCCC2)CCCCC1.Fc1c(F)c(F)c([B-](c2c(F)c(F)c(F)c(F)c2F)(c2c(F)c(F)c(F)c(F)c2F)c2c(F)c(F)c(F)c(F)c2F)c(F)c1F. The van der Waals surface area contributed by atoms with Crippen LogP contribution in [0.5, 0.6) is 0 Å². The molecule has 0 bridgehead atoms. The molecule has 2 fully saturated rings. The highest BCUT2D eigenvalue weighted by atomic mass is 19.2. The summed E-state index contributed by atoms with van der Waals surface area (Å²) in [6, 6.07) is 1.77. The molecule has 0 saturated heterocycles. The van der Waals surface area contributed by atoms with E-state index >= 15 is 35.1 Å². The van der Waals surface area contributed by atoms with E-state index in [0.717, 1.165) is 12.1 Å². The van der Waals surface area contributed by atoms with Crippen molar-refractivity contribution in [3.63, 3.8) is 0 Å². The van der Waals surface area contributed by atoms with Crippen LogP contribution in [0.3, 0.4) is 0 Å². The summed E-state index contributed by atoms with van der Waals surface area (Å²) >= 11 is 0. The minimum Gasteiger partial charge on any atom is -0.340 e. The molecule has 0 spiro atoms. The lowest BCUT2D eigenvalue weighted by Crippen LogP contribution is -3.00. The molecule has 412 valence electrons. The summed E-state index contributed by atoms with van der Waals surface area (Å²) < 4.78 is 294. The van der Waals surface area contributed by atoms with Crippen LogP contribution in [-0.2, 0) is 0 Å². The second-order valence-corrected chi connectivity index (χ2v) is 19.8. The van der Waals surface area contributed by atoms with Gasteiger partial charge >= 0.3 is 0 Å². The van der Waals surface area contributed by atoms with E-state index in [0.29, 0.717) is 10.8 Å². The van der Waals surface area contributed by atoms with Gasteiger partial charge in [0, 0.05) is 10.8 Å². The van der Waals surface area contributed by atoms with Crippen LogP contribution < -0.4 is 27.2 Å². The first-order valence-electron chi connectivity index (χ1n) is 24.9. The second-order valence-electron chi connectivity index (χ2n) is 19.8. The van der Waals surface area contributed by atoms with E-state index in [1.54, 1.807) is 0 Å². The summed E-state index contributed by atoms with van der Waals surface area (Å²) in [4.78, 5) is 0. The Hall–Kier alpha value is -4.50. The van der Waals surface area contributed by atoms with Crippen molar-refractivity contribution in [2.75, 3.05) is 0 Å². The van der Waals surface area contributed by atoms with E-state index in [1.807, 2.05) is 0 Å². The lowest BCUT2D eigenvalue weighted by atomic mass is 9.12. The van der Waals surface area contributed by atoms with Gasteiger partial charge in [-0.25, -0.2) is 87.8 Å². The fraction of sp³-hybridized carbons (Fsp3) is 0.538. The van der Waals surface area contributed by atoms with Gasteiger partial charge in [-0.15, -0.1) is 21.9 Å². The molecule has 2 aliphatic rings. The van der Waals surface area contributed by atoms with Gasteiger partial charge in [0.2, 0.25) is 0 Å². The maximum absolute atomic E-state index is 15.4. The Bertz CT molecular complexity index is 2220. The number of quaternary nitrogens is 1. The zero-order valence-corrected chi connectivity index (χ0v) is 41.0. The van der Waals surface area contributed by atoms with E-state index in [9.17, 15) is 52.7 Å². The molecular weight excluding hydrogens is 1030 g/mol. The molecule has 1 nitrogen and oxygen atoms in total. The van der Waals surface area contributed by atoms with Crippen LogP contribution in [0.25, 0.3) is 0 Å². The molecule has 2 aliphatic carbocycles. The summed E-state index contributed by atoms with van der Waals surface area (Å²) in [5, 5.41) is 3.04. The van der Waals surface area contributed by atoms with Gasteiger partial charge in [0.25, 0.3) is 0 Å². The van der Waals surface area contributed by atoms with Crippen molar-refractivity contribution in [1.29, 1.82) is 0 Å². The average molecular weight is 1090 g/mol. The predicted molar refractivity (Wildman–Crippen MR) is 239 cm³/mol. The summed E-state index contributed by atoms with van der Waals surface area (Å²) in [5.74, 6) is -71.4. The number of rotatable bonds is 18. The Kier molecular flexibility index (Phi) is 20.1. The normalized spacial score (nSPS) is 16.5. The molecule has 2 N–H and O–H groups in total. The highest BCUT2D eigenvalue weighted by Gasteiger charge is 2.53. The third-order valence-electron chi connectivity index (χ3n) is 15.7. The maximum atomic E-state index is 15.4. The summed E-state index contributed by atoms with van der Waals surface area (Å²) in [6.07, 6.45) is 22.2. The van der Waals surface area contributed by atoms with E-state index in [4.69, 9.17) is 0 Å². The van der Waals surface area contributed by atoms with Gasteiger partial charge in [-0.2, -0.15) is 0 Å². The molecule has 2 atom stereocenters. The van der Waals surface area contributed by atoms with Gasteiger partial charge in [0.05, 0.1) is 12.1 Å². The Labute approximate surface area is 415 Å². The Balaban J connectivity index is 0.000000302. The third kappa shape index (κ3) is 10.6. The van der Waals surface area contributed by atoms with Gasteiger partial charge in [-0.3, -0.25) is 0 Å². The average Bonchev–Trinajstić information content (AvgIpc) is 3.39. The first-order valence-corrected chi connectivity index (χ1v) is 24.9. The van der Waals surface area contributed by atoms with E-state index in [2.05, 4.69) is 33.0 Å². The Morgan fingerprint density at radius 3 is 0.703 bits per heavy atom. The van der Waals surface area contributed by atoms with Gasteiger partial charge in [0.15, 0.2) is 69.8 Å². The fourth-order valence-electron chi connectivity index (χ4n) is 12.2. The molecule has 74 heavy (non-hydrogen) atoms. The van der Waals surface area contributed by atoms with Crippen LogP contribution in [0, 0.1) is 127 Å². The van der Waals surface area contributed by atoms with Gasteiger partial charge in [0.1, 0.15) is 52.7 Å². The first kappa shape index (κ1) is 60.4. The fourth-order valence-corrected chi connectivity index (χ4v) is 12.2. The topological polar surface area (TPSA) is 16.6 Å². The molecular formula is C52H56BF20N. The van der Waals surface area contributed by atoms with Crippen LogP contribution in [0.2, 0.25) is 0 Å². The summed E-state index contributed by atoms with van der Waals surface area (Å²) in [7, 11) is 0. The van der Waals surface area contributed by atoms with Crippen molar-refractivity contribution in [1.82, 2.24) is 0 Å². The Morgan fingerprint density at radius 2 is 0.514 bits per heavy atom. The van der Waals surface area contributed by atoms with Crippen molar-refractivity contribution in [2.24, 2.45) is 10.8 Å². The van der Waals surface area contributed by atoms with E-state index < -0.39 is 144 Å². The highest BCUT2D eigenvalue weighted by molar-refractivity contribution is 7.20. The van der Waals surface area contributed by atoms with Crippen LogP contribution in [0.1, 0.15) is 156 Å². The van der Waals surface area contributed by atoms with Crippen molar-refractivity contribution in [2.45, 2.75) is 168 Å². The van der Waals surface area contributed by atoms with Crippen molar-refractivity contribution >= 4 is 28.0 Å². The lowest BCUT2D eigenvalue weighted by Gasteiger charge is -2.48. The molecule has 22 heteroatoms. The predicted octanol–water partition coefficient (Wildman–Crippen LogP) is 14.0. The zero-order chi connectivity index (χ0) is 55.4. The molecule has 2 saturated carbocycles. The van der Waals surface area contributed by atoms with Crippen LogP contribution >= 0.6 is 0 Å². The molecule has 2 unspecified atom stereocenters. The van der Waals surface area contributed by atoms with Crippen LogP contribution in [0.15, 0.2) is 0 Å². The number of hydrogen-bond donors (Lipinski definition) is 1. The molecule has 0 heterocycles. The molecule has 0 radical (unpaired) electrons. The molecule has 6 rings (SSSR count).